The second-order valence-electron chi connectivity index (χ2n) is 6.39. The summed E-state index contributed by atoms with van der Waals surface area (Å²) in [5.74, 6) is 0.767. The van der Waals surface area contributed by atoms with Crippen LogP contribution in [-0.2, 0) is 9.53 Å². The van der Waals surface area contributed by atoms with Crippen LogP contribution in [0, 0.1) is 5.92 Å². The molecule has 0 amide bonds. The molecule has 1 N–H and O–H groups in total. The van der Waals surface area contributed by atoms with E-state index in [9.17, 15) is 4.79 Å². The zero-order chi connectivity index (χ0) is 12.4. The molecule has 3 aliphatic rings. The van der Waals surface area contributed by atoms with Crippen LogP contribution >= 0.6 is 0 Å². The van der Waals surface area contributed by atoms with E-state index in [2.05, 4.69) is 5.32 Å². The molecular formula is C15H25NO2. The van der Waals surface area contributed by atoms with Gasteiger partial charge in [0.25, 0.3) is 0 Å². The average Bonchev–Trinajstić information content (AvgIpc) is 3.02. The molecule has 3 fully saturated rings. The molecule has 1 aliphatic carbocycles. The van der Waals surface area contributed by atoms with Gasteiger partial charge in [-0.3, -0.25) is 4.79 Å². The summed E-state index contributed by atoms with van der Waals surface area (Å²) in [5, 5.41) is 3.44. The highest BCUT2D eigenvalue weighted by Gasteiger charge is 2.42. The van der Waals surface area contributed by atoms with Gasteiger partial charge in [-0.1, -0.05) is 12.8 Å². The molecular weight excluding hydrogens is 226 g/mol. The second kappa shape index (κ2) is 5.30. The molecule has 2 atom stereocenters. The average molecular weight is 251 g/mol. The summed E-state index contributed by atoms with van der Waals surface area (Å²) in [6.07, 6.45) is 10.0. The van der Waals surface area contributed by atoms with Gasteiger partial charge in [-0.05, 0) is 45.1 Å². The lowest BCUT2D eigenvalue weighted by Crippen LogP contribution is -2.40. The number of Topliss-reactive ketones (excluding diaryl/α,β-unsaturated/α-hetero) is 1. The van der Waals surface area contributed by atoms with Crippen LogP contribution in [0.25, 0.3) is 0 Å². The third-order valence-corrected chi connectivity index (χ3v) is 5.07. The number of ether oxygens (including phenoxy) is 1. The Bertz CT molecular complexity index is 304. The quantitative estimate of drug-likeness (QED) is 0.837. The normalized spacial score (nSPS) is 35.1. The molecule has 2 aliphatic heterocycles. The lowest BCUT2D eigenvalue weighted by atomic mass is 9.81. The molecule has 3 nitrogen and oxygen atoms in total. The molecule has 18 heavy (non-hydrogen) atoms. The first-order valence-corrected chi connectivity index (χ1v) is 7.68. The largest absolute Gasteiger partial charge is 0.375 e. The minimum absolute atomic E-state index is 0.0850. The summed E-state index contributed by atoms with van der Waals surface area (Å²) in [5.41, 5.74) is 0.0850. The minimum atomic E-state index is 0.0850. The molecule has 0 bridgehead atoms. The monoisotopic (exact) mass is 251 g/mol. The first kappa shape index (κ1) is 12.6. The Hall–Kier alpha value is -0.410. The molecule has 3 rings (SSSR count). The molecule has 1 spiro atoms. The lowest BCUT2D eigenvalue weighted by Gasteiger charge is -2.38. The predicted octanol–water partition coefficient (Wildman–Crippen LogP) is 2.44. The number of hydrogen-bond acceptors (Lipinski definition) is 3. The van der Waals surface area contributed by atoms with E-state index >= 15 is 0 Å². The lowest BCUT2D eigenvalue weighted by molar-refractivity contribution is -0.136. The Balaban J connectivity index is 1.56. The van der Waals surface area contributed by atoms with Gasteiger partial charge in [0.05, 0.1) is 5.60 Å². The first-order chi connectivity index (χ1) is 8.77. The van der Waals surface area contributed by atoms with Gasteiger partial charge < -0.3 is 10.1 Å². The number of nitrogens with one attached hydrogen (secondary N) is 1. The third kappa shape index (κ3) is 2.62. The van der Waals surface area contributed by atoms with Crippen LogP contribution in [0.3, 0.4) is 0 Å². The summed E-state index contributed by atoms with van der Waals surface area (Å²) >= 11 is 0. The van der Waals surface area contributed by atoms with Gasteiger partial charge in [0.15, 0.2) is 0 Å². The van der Waals surface area contributed by atoms with E-state index in [0.717, 1.165) is 32.4 Å². The van der Waals surface area contributed by atoms with E-state index in [1.165, 1.54) is 38.5 Å². The van der Waals surface area contributed by atoms with Crippen LogP contribution in [0.4, 0.5) is 0 Å². The predicted molar refractivity (Wildman–Crippen MR) is 70.5 cm³/mol. The van der Waals surface area contributed by atoms with Crippen molar-refractivity contribution < 1.29 is 9.53 Å². The Morgan fingerprint density at radius 2 is 2.06 bits per heavy atom. The van der Waals surface area contributed by atoms with Crippen LogP contribution in [-0.4, -0.2) is 30.6 Å². The smallest absolute Gasteiger partial charge is 0.137 e. The van der Waals surface area contributed by atoms with Crippen molar-refractivity contribution in [1.29, 1.82) is 0 Å². The van der Waals surface area contributed by atoms with Crippen LogP contribution in [0.1, 0.15) is 57.8 Å². The molecule has 2 unspecified atom stereocenters. The van der Waals surface area contributed by atoms with E-state index in [4.69, 9.17) is 4.74 Å². The summed E-state index contributed by atoms with van der Waals surface area (Å²) in [6.45, 7) is 1.89. The number of ketones is 1. The second-order valence-corrected chi connectivity index (χ2v) is 6.39. The van der Waals surface area contributed by atoms with Crippen LogP contribution < -0.4 is 5.32 Å². The highest BCUT2D eigenvalue weighted by Crippen LogP contribution is 2.42. The van der Waals surface area contributed by atoms with Gasteiger partial charge in [-0.15, -0.1) is 0 Å². The Morgan fingerprint density at radius 3 is 2.78 bits per heavy atom. The van der Waals surface area contributed by atoms with Crippen molar-refractivity contribution in [3.63, 3.8) is 0 Å². The summed E-state index contributed by atoms with van der Waals surface area (Å²) in [7, 11) is 0. The Kier molecular flexibility index (Phi) is 3.71. The Morgan fingerprint density at radius 1 is 1.22 bits per heavy atom. The SMILES string of the molecule is O=C(CC1CCCN1)C1CCOC2(CCCC2)C1. The fraction of sp³-hybridized carbons (Fsp3) is 0.933. The summed E-state index contributed by atoms with van der Waals surface area (Å²) in [6, 6.07) is 0.458. The van der Waals surface area contributed by atoms with Gasteiger partial charge in [0.2, 0.25) is 0 Å². The van der Waals surface area contributed by atoms with Crippen molar-refractivity contribution in [2.45, 2.75) is 69.4 Å². The highest BCUT2D eigenvalue weighted by molar-refractivity contribution is 5.81. The summed E-state index contributed by atoms with van der Waals surface area (Å²) < 4.78 is 6.01. The molecule has 0 aromatic heterocycles. The van der Waals surface area contributed by atoms with Crippen LogP contribution in [0.5, 0.6) is 0 Å². The van der Waals surface area contributed by atoms with E-state index in [1.807, 2.05) is 0 Å². The number of carbonyl (C=O) groups is 1. The topological polar surface area (TPSA) is 38.3 Å². The maximum absolute atomic E-state index is 12.4. The molecule has 0 aromatic carbocycles. The van der Waals surface area contributed by atoms with E-state index in [-0.39, 0.29) is 11.5 Å². The molecule has 3 heteroatoms. The zero-order valence-electron chi connectivity index (χ0n) is 11.2. The molecule has 0 radical (unpaired) electrons. The van der Waals surface area contributed by atoms with Gasteiger partial charge >= 0.3 is 0 Å². The Labute approximate surface area is 110 Å². The molecule has 1 saturated carbocycles. The van der Waals surface area contributed by atoms with Gasteiger partial charge in [0, 0.05) is 25.0 Å². The molecule has 102 valence electrons. The fourth-order valence-electron chi connectivity index (χ4n) is 4.01. The van der Waals surface area contributed by atoms with Crippen molar-refractivity contribution >= 4 is 5.78 Å². The number of hydrogen-bond donors (Lipinski definition) is 1. The standard InChI is InChI=1S/C15H25NO2/c17-14(10-13-4-3-8-16-13)12-5-9-18-15(11-12)6-1-2-7-15/h12-13,16H,1-11H2. The first-order valence-electron chi connectivity index (χ1n) is 7.68. The van der Waals surface area contributed by atoms with Gasteiger partial charge in [-0.2, -0.15) is 0 Å². The molecule has 2 heterocycles. The maximum Gasteiger partial charge on any atom is 0.137 e. The maximum atomic E-state index is 12.4. The van der Waals surface area contributed by atoms with Crippen molar-refractivity contribution in [2.24, 2.45) is 5.92 Å². The van der Waals surface area contributed by atoms with Gasteiger partial charge in [0.1, 0.15) is 5.78 Å². The van der Waals surface area contributed by atoms with Crippen molar-refractivity contribution in [2.75, 3.05) is 13.2 Å². The third-order valence-electron chi connectivity index (χ3n) is 5.07. The minimum Gasteiger partial charge on any atom is -0.375 e. The fourth-order valence-corrected chi connectivity index (χ4v) is 4.01. The van der Waals surface area contributed by atoms with E-state index in [1.54, 1.807) is 0 Å². The number of carbonyl (C=O) groups excluding carboxylic acids is 1. The van der Waals surface area contributed by atoms with Crippen LogP contribution in [0.15, 0.2) is 0 Å². The summed E-state index contributed by atoms with van der Waals surface area (Å²) in [4.78, 5) is 12.4. The van der Waals surface area contributed by atoms with E-state index < -0.39 is 0 Å². The van der Waals surface area contributed by atoms with Crippen LogP contribution in [0.2, 0.25) is 0 Å². The zero-order valence-corrected chi connectivity index (χ0v) is 11.2. The van der Waals surface area contributed by atoms with Gasteiger partial charge in [-0.25, -0.2) is 0 Å². The highest BCUT2D eigenvalue weighted by atomic mass is 16.5. The van der Waals surface area contributed by atoms with Crippen molar-refractivity contribution in [1.82, 2.24) is 5.32 Å². The molecule has 2 saturated heterocycles. The van der Waals surface area contributed by atoms with Crippen molar-refractivity contribution in [3.8, 4) is 0 Å². The number of rotatable bonds is 3. The van der Waals surface area contributed by atoms with E-state index in [0.29, 0.717) is 11.8 Å². The molecule has 0 aromatic rings. The van der Waals surface area contributed by atoms with Crippen molar-refractivity contribution in [3.05, 3.63) is 0 Å².